The average molecular weight is 351 g/mol. The zero-order valence-electron chi connectivity index (χ0n) is 16.3. The number of imide groups is 1. The number of carbonyl (C=O) groups is 3. The Kier molecular flexibility index (Phi) is 6.12. The molecule has 4 amide bonds. The Morgan fingerprint density at radius 2 is 1.80 bits per heavy atom. The largest absolute Gasteiger partial charge is 0.341 e. The van der Waals surface area contributed by atoms with Crippen LogP contribution in [0.25, 0.3) is 0 Å². The Balaban J connectivity index is 2.11. The first kappa shape index (κ1) is 19.7. The maximum Gasteiger partial charge on any atom is 0.325 e. The van der Waals surface area contributed by atoms with Crippen molar-refractivity contribution in [2.75, 3.05) is 19.6 Å². The summed E-state index contributed by atoms with van der Waals surface area (Å²) in [5.74, 6) is 0.435. The second kappa shape index (κ2) is 7.75. The first-order valence-corrected chi connectivity index (χ1v) is 9.59. The molecule has 1 saturated heterocycles. The predicted molar refractivity (Wildman–Crippen MR) is 96.9 cm³/mol. The van der Waals surface area contributed by atoms with Gasteiger partial charge in [-0.1, -0.05) is 47.5 Å². The lowest BCUT2D eigenvalue weighted by atomic mass is 9.73. The van der Waals surface area contributed by atoms with E-state index in [1.165, 1.54) is 0 Å². The molecule has 0 aromatic carbocycles. The number of amides is 4. The summed E-state index contributed by atoms with van der Waals surface area (Å²) in [7, 11) is 0. The zero-order valence-corrected chi connectivity index (χ0v) is 16.3. The molecule has 2 rings (SSSR count). The average Bonchev–Trinajstić information content (AvgIpc) is 2.74. The number of rotatable bonds is 6. The minimum atomic E-state index is -0.795. The van der Waals surface area contributed by atoms with Crippen molar-refractivity contribution in [2.45, 2.75) is 65.8 Å². The van der Waals surface area contributed by atoms with Gasteiger partial charge in [-0.25, -0.2) is 4.79 Å². The van der Waals surface area contributed by atoms with Crippen molar-refractivity contribution in [3.05, 3.63) is 0 Å². The molecule has 0 radical (unpaired) electrons. The molecule has 1 heterocycles. The van der Waals surface area contributed by atoms with Gasteiger partial charge in [0, 0.05) is 13.1 Å². The summed E-state index contributed by atoms with van der Waals surface area (Å²) in [4.78, 5) is 41.1. The summed E-state index contributed by atoms with van der Waals surface area (Å²) in [5, 5.41) is 2.91. The highest BCUT2D eigenvalue weighted by molar-refractivity contribution is 6.09. The van der Waals surface area contributed by atoms with Crippen LogP contribution in [0.15, 0.2) is 0 Å². The van der Waals surface area contributed by atoms with Crippen molar-refractivity contribution in [1.29, 1.82) is 0 Å². The van der Waals surface area contributed by atoms with E-state index in [0.717, 1.165) is 24.2 Å². The number of nitrogens with zero attached hydrogens (tertiary/aromatic N) is 2. The summed E-state index contributed by atoms with van der Waals surface area (Å²) in [6.45, 7) is 11.4. The Bertz CT molecular complexity index is 522. The summed E-state index contributed by atoms with van der Waals surface area (Å²) in [5.41, 5.74) is -0.795. The van der Waals surface area contributed by atoms with Crippen LogP contribution in [0.1, 0.15) is 60.3 Å². The third kappa shape index (κ3) is 4.15. The predicted octanol–water partition coefficient (Wildman–Crippen LogP) is 2.63. The molecule has 2 atom stereocenters. The lowest BCUT2D eigenvalue weighted by Crippen LogP contribution is -2.54. The van der Waals surface area contributed by atoms with Crippen LogP contribution in [0.3, 0.4) is 0 Å². The fraction of sp³-hybridized carbons (Fsp3) is 0.842. The Morgan fingerprint density at radius 1 is 1.20 bits per heavy atom. The van der Waals surface area contributed by atoms with Crippen LogP contribution in [0.5, 0.6) is 0 Å². The summed E-state index contributed by atoms with van der Waals surface area (Å²) >= 11 is 0. The molecule has 6 nitrogen and oxygen atoms in total. The van der Waals surface area contributed by atoms with Crippen molar-refractivity contribution < 1.29 is 14.4 Å². The molecule has 142 valence electrons. The van der Waals surface area contributed by atoms with E-state index in [-0.39, 0.29) is 24.3 Å². The highest BCUT2D eigenvalue weighted by Gasteiger charge is 2.55. The molecule has 6 heteroatoms. The smallest absolute Gasteiger partial charge is 0.325 e. The Hall–Kier alpha value is -1.59. The van der Waals surface area contributed by atoms with Crippen LogP contribution >= 0.6 is 0 Å². The van der Waals surface area contributed by atoms with Crippen LogP contribution in [0.4, 0.5) is 4.79 Å². The molecule has 0 bridgehead atoms. The van der Waals surface area contributed by atoms with E-state index in [1.54, 1.807) is 4.90 Å². The van der Waals surface area contributed by atoms with E-state index in [4.69, 9.17) is 0 Å². The van der Waals surface area contributed by atoms with Crippen LogP contribution in [0.2, 0.25) is 0 Å². The van der Waals surface area contributed by atoms with E-state index in [9.17, 15) is 14.4 Å². The molecule has 2 aliphatic rings. The van der Waals surface area contributed by atoms with Gasteiger partial charge in [-0.15, -0.1) is 0 Å². The van der Waals surface area contributed by atoms with Crippen LogP contribution in [-0.4, -0.2) is 52.8 Å². The SMILES string of the molecule is CC(C)CN(CC(C)C)C(=O)CN1C(=O)N[C@]2(CCCC[C@H]2C)C1=O. The monoisotopic (exact) mass is 351 g/mol. The minimum Gasteiger partial charge on any atom is -0.341 e. The van der Waals surface area contributed by atoms with Gasteiger partial charge in [0.1, 0.15) is 12.1 Å². The third-order valence-electron chi connectivity index (χ3n) is 5.32. The molecule has 0 unspecified atom stereocenters. The lowest BCUT2D eigenvalue weighted by molar-refractivity contribution is -0.141. The van der Waals surface area contributed by atoms with Crippen molar-refractivity contribution >= 4 is 17.8 Å². The summed E-state index contributed by atoms with van der Waals surface area (Å²) in [6.07, 6.45) is 3.62. The van der Waals surface area contributed by atoms with Gasteiger partial charge in [-0.05, 0) is 30.6 Å². The van der Waals surface area contributed by atoms with Gasteiger partial charge in [0.2, 0.25) is 5.91 Å². The molecule has 1 saturated carbocycles. The molecular weight excluding hydrogens is 318 g/mol. The van der Waals surface area contributed by atoms with E-state index >= 15 is 0 Å². The van der Waals surface area contributed by atoms with Crippen molar-refractivity contribution in [1.82, 2.24) is 15.1 Å². The lowest BCUT2D eigenvalue weighted by Gasteiger charge is -2.37. The van der Waals surface area contributed by atoms with Gasteiger partial charge < -0.3 is 10.2 Å². The minimum absolute atomic E-state index is 0.111. The van der Waals surface area contributed by atoms with Crippen LogP contribution in [-0.2, 0) is 9.59 Å². The van der Waals surface area contributed by atoms with E-state index in [0.29, 0.717) is 31.3 Å². The van der Waals surface area contributed by atoms with Gasteiger partial charge in [-0.3, -0.25) is 14.5 Å². The maximum absolute atomic E-state index is 13.0. The topological polar surface area (TPSA) is 69.7 Å². The van der Waals surface area contributed by atoms with E-state index < -0.39 is 11.6 Å². The van der Waals surface area contributed by atoms with Crippen molar-refractivity contribution in [3.63, 3.8) is 0 Å². The molecule has 1 spiro atoms. The van der Waals surface area contributed by atoms with Gasteiger partial charge in [0.05, 0.1) is 0 Å². The molecular formula is C19H33N3O3. The summed E-state index contributed by atoms with van der Waals surface area (Å²) in [6, 6.07) is -0.416. The highest BCUT2D eigenvalue weighted by atomic mass is 16.2. The highest BCUT2D eigenvalue weighted by Crippen LogP contribution is 2.38. The molecule has 1 aliphatic carbocycles. The van der Waals surface area contributed by atoms with E-state index in [1.807, 2.05) is 6.92 Å². The maximum atomic E-state index is 13.0. The molecule has 0 aromatic rings. The number of nitrogens with one attached hydrogen (secondary N) is 1. The van der Waals surface area contributed by atoms with Crippen LogP contribution in [0, 0.1) is 17.8 Å². The second-order valence-electron chi connectivity index (χ2n) is 8.53. The van der Waals surface area contributed by atoms with Crippen LogP contribution < -0.4 is 5.32 Å². The summed E-state index contributed by atoms with van der Waals surface area (Å²) < 4.78 is 0. The molecule has 0 aromatic heterocycles. The first-order valence-electron chi connectivity index (χ1n) is 9.59. The zero-order chi connectivity index (χ0) is 18.8. The standard InChI is InChI=1S/C19H33N3O3/c1-13(2)10-21(11-14(3)4)16(23)12-22-17(24)19(20-18(22)25)9-7-6-8-15(19)5/h13-15H,6-12H2,1-5H3,(H,20,25)/t15-,19+/m1/s1. The molecule has 25 heavy (non-hydrogen) atoms. The third-order valence-corrected chi connectivity index (χ3v) is 5.32. The quantitative estimate of drug-likeness (QED) is 0.748. The molecule has 1 N–H and O–H groups in total. The number of hydrogen-bond acceptors (Lipinski definition) is 3. The van der Waals surface area contributed by atoms with Gasteiger partial charge in [-0.2, -0.15) is 0 Å². The van der Waals surface area contributed by atoms with Crippen molar-refractivity contribution in [3.8, 4) is 0 Å². The van der Waals surface area contributed by atoms with Gasteiger partial charge >= 0.3 is 6.03 Å². The Labute approximate surface area is 151 Å². The molecule has 2 fully saturated rings. The normalized spacial score (nSPS) is 26.7. The number of urea groups is 1. The second-order valence-corrected chi connectivity index (χ2v) is 8.53. The Morgan fingerprint density at radius 3 is 2.32 bits per heavy atom. The number of carbonyl (C=O) groups excluding carboxylic acids is 3. The first-order chi connectivity index (χ1) is 11.7. The number of hydrogen-bond donors (Lipinski definition) is 1. The molecule has 1 aliphatic heterocycles. The fourth-order valence-corrected chi connectivity index (χ4v) is 4.03. The fourth-order valence-electron chi connectivity index (χ4n) is 4.03. The van der Waals surface area contributed by atoms with Crippen molar-refractivity contribution in [2.24, 2.45) is 17.8 Å². The van der Waals surface area contributed by atoms with Gasteiger partial charge in [0.15, 0.2) is 0 Å². The van der Waals surface area contributed by atoms with E-state index in [2.05, 4.69) is 33.0 Å². The van der Waals surface area contributed by atoms with Gasteiger partial charge in [0.25, 0.3) is 5.91 Å².